The molecule has 1 rings (SSSR count). The number of aliphatic hydroxyl groups is 1. The van der Waals surface area contributed by atoms with Crippen LogP contribution in [0, 0.1) is 0 Å². The molecule has 0 fully saturated rings. The minimum Gasteiger partial charge on any atom is -0.461 e. The fourth-order valence-electron chi connectivity index (χ4n) is 1.47. The Morgan fingerprint density at radius 2 is 2.28 bits per heavy atom. The van der Waals surface area contributed by atoms with E-state index in [9.17, 15) is 4.79 Å². The molecule has 1 heterocycles. The first-order chi connectivity index (χ1) is 8.69. The number of anilines is 1. The molecule has 0 amide bonds. The number of nitrogens with zero attached hydrogens (tertiary/aromatic N) is 2. The van der Waals surface area contributed by atoms with E-state index < -0.39 is 5.97 Å². The third kappa shape index (κ3) is 4.37. The highest BCUT2D eigenvalue weighted by Gasteiger charge is 2.15. The first-order valence-corrected chi connectivity index (χ1v) is 6.13. The Balaban J connectivity index is 2.44. The molecule has 0 atom stereocenters. The van der Waals surface area contributed by atoms with Crippen molar-refractivity contribution in [1.82, 2.24) is 4.98 Å². The molecule has 0 aliphatic rings. The van der Waals surface area contributed by atoms with Crippen LogP contribution in [0.2, 0.25) is 0 Å². The van der Waals surface area contributed by atoms with Gasteiger partial charge in [-0.3, -0.25) is 0 Å². The Labute approximate surface area is 107 Å². The molecular weight excluding hydrogens is 236 g/mol. The highest BCUT2D eigenvalue weighted by Crippen LogP contribution is 2.13. The number of carbonyl (C=O) groups excluding carboxylic acids is 1. The summed E-state index contributed by atoms with van der Waals surface area (Å²) in [4.78, 5) is 17.3. The molecule has 1 N–H and O–H groups in total. The van der Waals surface area contributed by atoms with Crippen LogP contribution in [0.4, 0.5) is 6.01 Å². The predicted molar refractivity (Wildman–Crippen MR) is 66.7 cm³/mol. The van der Waals surface area contributed by atoms with Gasteiger partial charge in [0.2, 0.25) is 0 Å². The lowest BCUT2D eigenvalue weighted by Crippen LogP contribution is -2.19. The van der Waals surface area contributed by atoms with Crippen LogP contribution in [0.5, 0.6) is 0 Å². The van der Waals surface area contributed by atoms with Crippen molar-refractivity contribution in [2.24, 2.45) is 0 Å². The molecule has 1 aromatic rings. The first kappa shape index (κ1) is 14.5. The lowest BCUT2D eigenvalue weighted by Gasteiger charge is -2.13. The van der Waals surface area contributed by atoms with E-state index in [0.717, 1.165) is 25.8 Å². The van der Waals surface area contributed by atoms with Crippen molar-refractivity contribution in [2.75, 3.05) is 31.7 Å². The van der Waals surface area contributed by atoms with Crippen LogP contribution in [-0.4, -0.2) is 42.9 Å². The van der Waals surface area contributed by atoms with Crippen LogP contribution in [-0.2, 0) is 4.74 Å². The summed E-state index contributed by atoms with van der Waals surface area (Å²) in [6.45, 7) is 3.04. The van der Waals surface area contributed by atoms with Crippen molar-refractivity contribution >= 4 is 12.0 Å². The number of aromatic nitrogens is 1. The zero-order chi connectivity index (χ0) is 13.4. The van der Waals surface area contributed by atoms with E-state index in [1.807, 2.05) is 11.9 Å². The van der Waals surface area contributed by atoms with Crippen molar-refractivity contribution in [3.8, 4) is 0 Å². The van der Waals surface area contributed by atoms with Crippen molar-refractivity contribution in [3.63, 3.8) is 0 Å². The zero-order valence-electron chi connectivity index (χ0n) is 10.9. The largest absolute Gasteiger partial charge is 0.461 e. The number of aliphatic hydroxyl groups excluding tert-OH is 1. The molecule has 0 saturated heterocycles. The van der Waals surface area contributed by atoms with Gasteiger partial charge in [-0.05, 0) is 26.2 Å². The second-order valence-corrected chi connectivity index (χ2v) is 3.94. The van der Waals surface area contributed by atoms with Gasteiger partial charge < -0.3 is 19.2 Å². The van der Waals surface area contributed by atoms with Gasteiger partial charge in [-0.25, -0.2) is 4.79 Å². The lowest BCUT2D eigenvalue weighted by atomic mass is 10.2. The van der Waals surface area contributed by atoms with E-state index in [0.29, 0.717) is 12.6 Å². The Kier molecular flexibility index (Phi) is 6.21. The molecule has 0 spiro atoms. The van der Waals surface area contributed by atoms with Gasteiger partial charge in [0, 0.05) is 20.2 Å². The normalized spacial score (nSPS) is 10.4. The van der Waals surface area contributed by atoms with E-state index in [1.165, 1.54) is 6.26 Å². The number of ether oxygens (including phenoxy) is 1. The van der Waals surface area contributed by atoms with E-state index in [1.54, 1.807) is 6.92 Å². The Morgan fingerprint density at radius 1 is 1.50 bits per heavy atom. The van der Waals surface area contributed by atoms with E-state index in [-0.39, 0.29) is 12.3 Å². The highest BCUT2D eigenvalue weighted by molar-refractivity contribution is 5.87. The summed E-state index contributed by atoms with van der Waals surface area (Å²) < 4.78 is 10.0. The maximum absolute atomic E-state index is 11.4. The standard InChI is InChI=1S/C12H20N2O4/c1-3-17-11(16)10-9-18-12(13-10)14(2)7-5-4-6-8-15/h9,15H,3-8H2,1-2H3. The van der Waals surface area contributed by atoms with Crippen LogP contribution >= 0.6 is 0 Å². The summed E-state index contributed by atoms with van der Waals surface area (Å²) >= 11 is 0. The van der Waals surface area contributed by atoms with Gasteiger partial charge in [0.15, 0.2) is 5.69 Å². The summed E-state index contributed by atoms with van der Waals surface area (Å²) in [5.74, 6) is -0.471. The van der Waals surface area contributed by atoms with Gasteiger partial charge in [-0.1, -0.05) is 0 Å². The fraction of sp³-hybridized carbons (Fsp3) is 0.667. The quantitative estimate of drug-likeness (QED) is 0.560. The summed E-state index contributed by atoms with van der Waals surface area (Å²) in [5.41, 5.74) is 0.189. The predicted octanol–water partition coefficient (Wildman–Crippen LogP) is 1.45. The fourth-order valence-corrected chi connectivity index (χ4v) is 1.47. The molecule has 1 aromatic heterocycles. The number of rotatable bonds is 8. The molecule has 0 aromatic carbocycles. The molecule has 6 nitrogen and oxygen atoms in total. The minimum atomic E-state index is -0.471. The molecule has 6 heteroatoms. The van der Waals surface area contributed by atoms with Crippen LogP contribution in [0.1, 0.15) is 36.7 Å². The number of hydrogen-bond donors (Lipinski definition) is 1. The molecule has 102 valence electrons. The summed E-state index contributed by atoms with van der Waals surface area (Å²) in [7, 11) is 1.85. The highest BCUT2D eigenvalue weighted by atomic mass is 16.5. The maximum atomic E-state index is 11.4. The summed E-state index contributed by atoms with van der Waals surface area (Å²) in [6.07, 6.45) is 3.99. The van der Waals surface area contributed by atoms with Gasteiger partial charge in [0.25, 0.3) is 6.01 Å². The average Bonchev–Trinajstić information content (AvgIpc) is 2.84. The van der Waals surface area contributed by atoms with Crippen LogP contribution in [0.25, 0.3) is 0 Å². The zero-order valence-corrected chi connectivity index (χ0v) is 10.9. The monoisotopic (exact) mass is 256 g/mol. The molecule has 18 heavy (non-hydrogen) atoms. The van der Waals surface area contributed by atoms with Gasteiger partial charge >= 0.3 is 5.97 Å². The topological polar surface area (TPSA) is 75.8 Å². The van der Waals surface area contributed by atoms with E-state index in [2.05, 4.69) is 4.98 Å². The second-order valence-electron chi connectivity index (χ2n) is 3.94. The number of hydrogen-bond acceptors (Lipinski definition) is 6. The van der Waals surface area contributed by atoms with Crippen LogP contribution < -0.4 is 4.90 Å². The maximum Gasteiger partial charge on any atom is 0.360 e. The third-order valence-electron chi connectivity index (χ3n) is 2.45. The lowest BCUT2D eigenvalue weighted by molar-refractivity contribution is 0.0519. The molecule has 0 radical (unpaired) electrons. The molecule has 0 bridgehead atoms. The van der Waals surface area contributed by atoms with Crippen LogP contribution in [0.3, 0.4) is 0 Å². The van der Waals surface area contributed by atoms with Gasteiger partial charge in [0.05, 0.1) is 6.61 Å². The van der Waals surface area contributed by atoms with E-state index >= 15 is 0 Å². The van der Waals surface area contributed by atoms with Gasteiger partial charge in [-0.2, -0.15) is 4.98 Å². The van der Waals surface area contributed by atoms with Crippen molar-refractivity contribution in [1.29, 1.82) is 0 Å². The Morgan fingerprint density at radius 3 is 2.94 bits per heavy atom. The average molecular weight is 256 g/mol. The smallest absolute Gasteiger partial charge is 0.360 e. The molecular formula is C12H20N2O4. The number of carbonyl (C=O) groups is 1. The molecule has 0 aliphatic heterocycles. The molecule has 0 saturated carbocycles. The number of unbranched alkanes of at least 4 members (excludes halogenated alkanes) is 2. The first-order valence-electron chi connectivity index (χ1n) is 6.13. The summed E-state index contributed by atoms with van der Waals surface area (Å²) in [5, 5.41) is 8.67. The van der Waals surface area contributed by atoms with E-state index in [4.69, 9.17) is 14.3 Å². The number of oxazole rings is 1. The number of esters is 1. The summed E-state index contributed by atoms with van der Waals surface area (Å²) in [6, 6.07) is 0.405. The van der Waals surface area contributed by atoms with Crippen LogP contribution in [0.15, 0.2) is 10.7 Å². The Bertz CT molecular complexity index is 365. The SMILES string of the molecule is CCOC(=O)c1coc(N(C)CCCCCO)n1. The molecule has 0 aliphatic carbocycles. The Hall–Kier alpha value is -1.56. The third-order valence-corrected chi connectivity index (χ3v) is 2.45. The second kappa shape index (κ2) is 7.71. The minimum absolute atomic E-state index is 0.189. The van der Waals surface area contributed by atoms with Gasteiger partial charge in [0.1, 0.15) is 6.26 Å². The van der Waals surface area contributed by atoms with Crippen molar-refractivity contribution in [2.45, 2.75) is 26.2 Å². The van der Waals surface area contributed by atoms with Crippen molar-refractivity contribution in [3.05, 3.63) is 12.0 Å². The molecule has 0 unspecified atom stereocenters. The van der Waals surface area contributed by atoms with Gasteiger partial charge in [-0.15, -0.1) is 0 Å². The van der Waals surface area contributed by atoms with Crippen molar-refractivity contribution < 1.29 is 19.1 Å².